The molecule has 4 heterocycles. The molecule has 26 heteroatoms. The maximum absolute atomic E-state index is 13.7. The second-order valence-corrected chi connectivity index (χ2v) is 14.7. The Morgan fingerprint density at radius 1 is 0.675 bits per heavy atom. The summed E-state index contributed by atoms with van der Waals surface area (Å²) in [6.45, 7) is 6.26. The van der Waals surface area contributed by atoms with Crippen molar-refractivity contribution in [3.8, 4) is 17.2 Å². The molecule has 1 atom stereocenters. The molecule has 7 aromatic rings. The van der Waals surface area contributed by atoms with E-state index in [0.29, 0.717) is 28.5 Å². The maximum Gasteiger partial charge on any atom is 0.357 e. The minimum Gasteiger partial charge on any atom is -0.504 e. The van der Waals surface area contributed by atoms with Gasteiger partial charge in [-0.15, -0.1) is 11.6 Å². The lowest BCUT2D eigenvalue weighted by molar-refractivity contribution is -0.144. The molecule has 7 rings (SSSR count). The normalized spacial score (nSPS) is 9.84. The number of nitrogen functional groups attached to an aromatic ring is 2. The number of carbonyl (C=O) groups is 3. The van der Waals surface area contributed by atoms with Crippen LogP contribution in [0.5, 0.6) is 17.2 Å². The van der Waals surface area contributed by atoms with E-state index in [1.54, 1.807) is 61.7 Å². The molecule has 0 amide bonds. The molecule has 4 aromatic heterocycles. The number of Topliss-reactive ketones (excluding diaryl/α,β-unsaturated/α-hetero) is 1. The molecular weight excluding hydrogens is 1560 g/mol. The molecule has 0 aliphatic rings. The van der Waals surface area contributed by atoms with Crippen LogP contribution in [0.3, 0.4) is 0 Å². The first-order valence-electron chi connectivity index (χ1n) is 21.4. The lowest BCUT2D eigenvalue weighted by atomic mass is 10.2. The number of nitrogens with zero attached hydrogens (tertiary/aromatic N) is 4. The summed E-state index contributed by atoms with van der Waals surface area (Å²) >= 11 is 16.8. The number of hydrogen-bond donors (Lipinski definition) is 3. The van der Waals surface area contributed by atoms with Gasteiger partial charge in [-0.3, -0.25) is 9.20 Å². The number of benzene rings is 3. The number of rotatable bonds is 12. The van der Waals surface area contributed by atoms with Crippen LogP contribution >= 0.6 is 110 Å². The number of halogens is 12. The van der Waals surface area contributed by atoms with E-state index >= 15 is 0 Å². The number of alkyl halides is 4. The number of carbonyl (C=O) groups excluding carboxylic acids is 3. The number of ketones is 1. The minimum atomic E-state index is -1.14. The molecule has 0 bridgehead atoms. The summed E-state index contributed by atoms with van der Waals surface area (Å²) in [6.07, 6.45) is 4.68. The third kappa shape index (κ3) is 25.9. The van der Waals surface area contributed by atoms with Crippen molar-refractivity contribution < 1.29 is 64.8 Å². The highest BCUT2D eigenvalue weighted by molar-refractivity contribution is 15.0. The van der Waals surface area contributed by atoms with Crippen LogP contribution in [-0.2, 0) is 37.6 Å². The Labute approximate surface area is 507 Å². The third-order valence-corrected chi connectivity index (χ3v) is 9.83. The van der Waals surface area contributed by atoms with Crippen molar-refractivity contribution >= 4 is 145 Å². The van der Waals surface area contributed by atoms with E-state index in [2.05, 4.69) is 118 Å². The molecule has 77 heavy (non-hydrogen) atoms. The lowest BCUT2D eigenvalue weighted by Crippen LogP contribution is -2.24. The van der Waals surface area contributed by atoms with Crippen molar-refractivity contribution in [2.24, 2.45) is 0 Å². The van der Waals surface area contributed by atoms with Crippen molar-refractivity contribution in [1.82, 2.24) is 19.4 Å². The number of aromatic hydroxyl groups is 1. The first-order valence-corrected chi connectivity index (χ1v) is 33.6. The molecule has 0 fully saturated rings. The van der Waals surface area contributed by atoms with Crippen molar-refractivity contribution in [3.63, 3.8) is 0 Å². The van der Waals surface area contributed by atoms with Crippen LogP contribution in [-0.4, -0.2) is 70.6 Å². The first kappa shape index (κ1) is 74.6. The van der Waals surface area contributed by atoms with Gasteiger partial charge < -0.3 is 35.5 Å². The number of hydrogen-bond acceptors (Lipinski definition) is 13. The van der Waals surface area contributed by atoms with Gasteiger partial charge in [0.1, 0.15) is 48.1 Å². The molecule has 0 radical (unpaired) electrons. The van der Waals surface area contributed by atoms with Crippen LogP contribution in [0.25, 0.3) is 5.65 Å². The molecule has 0 saturated carbocycles. The minimum absolute atomic E-state index is 0. The fourth-order valence-corrected chi connectivity index (χ4v) is 5.93. The van der Waals surface area contributed by atoms with Crippen molar-refractivity contribution in [3.05, 3.63) is 173 Å². The zero-order valence-corrected chi connectivity index (χ0v) is 52.3. The Morgan fingerprint density at radius 3 is 1.47 bits per heavy atom. The topological polar surface area (TPSA) is 203 Å². The van der Waals surface area contributed by atoms with Crippen LogP contribution in [0, 0.1) is 41.8 Å². The number of aromatic nitrogens is 4. The predicted molar refractivity (Wildman–Crippen MR) is 327 cm³/mol. The lowest BCUT2D eigenvalue weighted by Gasteiger charge is -2.09. The van der Waals surface area contributed by atoms with E-state index in [0.717, 1.165) is 0 Å². The van der Waals surface area contributed by atoms with Gasteiger partial charge in [0.2, 0.25) is 0 Å². The van der Waals surface area contributed by atoms with Crippen molar-refractivity contribution in [2.75, 3.05) is 34.5 Å². The van der Waals surface area contributed by atoms with Crippen molar-refractivity contribution in [2.45, 2.75) is 59.0 Å². The van der Waals surface area contributed by atoms with E-state index in [9.17, 15) is 40.7 Å². The number of nitrogens with two attached hydrogens (primary N) is 2. The SMILES string of the molecule is C.CCOC(=O)C(Cl)C(C)=O.CCOC(=O)c1c(C)nc2c(OCc3c(F)cccc3F)cccn12.CI.CI.Fc1cccc(F)c1CBr.II.Nc1ncccc1O.Nc1ncccc1OCc1c(F)cccc1F. The Bertz CT molecular complexity index is 2790. The molecule has 0 spiro atoms. The van der Waals surface area contributed by atoms with E-state index in [1.165, 1.54) is 80.0 Å². The summed E-state index contributed by atoms with van der Waals surface area (Å²) in [4.78, 5) is 48.8. The summed E-state index contributed by atoms with van der Waals surface area (Å²) in [6, 6.07) is 20.7. The number of aryl methyl sites for hydroxylation is 1. The molecule has 422 valence electrons. The Morgan fingerprint density at radius 2 is 1.09 bits per heavy atom. The highest BCUT2D eigenvalue weighted by atomic mass is 128. The van der Waals surface area contributed by atoms with Gasteiger partial charge in [0.15, 0.2) is 51.4 Å². The van der Waals surface area contributed by atoms with E-state index in [1.807, 2.05) is 9.86 Å². The number of fused-ring (bicyclic) bond motifs is 1. The summed E-state index contributed by atoms with van der Waals surface area (Å²) in [5, 5.41) is 7.81. The third-order valence-electron chi connectivity index (χ3n) is 8.79. The number of anilines is 2. The number of imidazole rings is 1. The highest BCUT2D eigenvalue weighted by Crippen LogP contribution is 2.25. The smallest absolute Gasteiger partial charge is 0.357 e. The second-order valence-electron chi connectivity index (χ2n) is 13.7. The first-order chi connectivity index (χ1) is 36.4. The Hall–Kier alpha value is -4.47. The van der Waals surface area contributed by atoms with Crippen LogP contribution < -0.4 is 20.9 Å². The van der Waals surface area contributed by atoms with Gasteiger partial charge in [0, 0.05) is 66.7 Å². The summed E-state index contributed by atoms with van der Waals surface area (Å²) in [5.74, 6) is -4.21. The average Bonchev–Trinajstić information content (AvgIpc) is 3.76. The van der Waals surface area contributed by atoms with Crippen LogP contribution in [0.1, 0.15) is 61.1 Å². The molecule has 0 aliphatic heterocycles. The van der Waals surface area contributed by atoms with Gasteiger partial charge in [-0.1, -0.05) is 86.7 Å². The highest BCUT2D eigenvalue weighted by Gasteiger charge is 2.22. The standard InChI is InChI=1S/C18H16F2N2O3.C12H10F2N2O.C7H5BrF2.C6H9ClO3.C5H6N2O.2CH3I.CH4.I2/c1-3-24-18(23)16-11(2)21-17-15(8-5-9-22(16)17)25-10-12-13(19)6-4-7-14(12)20;13-9-3-1-4-10(14)8(9)7-17-11-5-2-6-16-12(11)15;8-4-5-6(9)2-1-3-7(5)10;1-3-10-6(9)5(7)4(2)8;6-5-4(8)2-1-3-7-5;2*1-2;;1-2/h4-9H,3,10H2,1-2H3;1-6H,7H2,(H2,15,16);1-3H,4H2;5H,3H2,1-2H3;1-3,8H,(H2,6,7);2*1H3;1H4;. The molecule has 0 saturated heterocycles. The zero-order valence-electron chi connectivity index (χ0n) is 41.3. The van der Waals surface area contributed by atoms with Gasteiger partial charge in [0.05, 0.1) is 30.0 Å². The van der Waals surface area contributed by atoms with Crippen LogP contribution in [0.4, 0.5) is 38.0 Å². The second kappa shape index (κ2) is 42.5. The summed E-state index contributed by atoms with van der Waals surface area (Å²) in [5.41, 5.74) is 11.6. The molecular formula is C51H56BrClF6I4N6O8. The predicted octanol–water partition coefficient (Wildman–Crippen LogP) is 14.7. The largest absolute Gasteiger partial charge is 0.504 e. The van der Waals surface area contributed by atoms with Gasteiger partial charge in [-0.25, -0.2) is 50.9 Å². The molecule has 14 nitrogen and oxygen atoms in total. The average molecular weight is 1620 g/mol. The summed E-state index contributed by atoms with van der Waals surface area (Å²) < 4.78 is 101. The fourth-order valence-electron chi connectivity index (χ4n) is 5.33. The number of ether oxygens (including phenoxy) is 4. The Kier molecular flexibility index (Phi) is 41.1. The number of esters is 2. The van der Waals surface area contributed by atoms with Crippen LogP contribution in [0.15, 0.2) is 110 Å². The zero-order chi connectivity index (χ0) is 57.9. The Balaban J connectivity index is 0. The van der Waals surface area contributed by atoms with Gasteiger partial charge >= 0.3 is 11.9 Å². The molecule has 5 N–H and O–H groups in total. The fraction of sp³-hybridized carbons (Fsp3) is 0.255. The summed E-state index contributed by atoms with van der Waals surface area (Å²) in [7, 11) is 0. The monoisotopic (exact) mass is 1620 g/mol. The molecule has 0 aliphatic carbocycles. The van der Waals surface area contributed by atoms with E-state index < -0.39 is 52.2 Å². The molecule has 3 aromatic carbocycles. The van der Waals surface area contributed by atoms with Gasteiger partial charge in [-0.2, -0.15) is 0 Å². The van der Waals surface area contributed by atoms with Gasteiger partial charge in [-0.05, 0) is 110 Å². The van der Waals surface area contributed by atoms with E-state index in [4.69, 9.17) is 42.4 Å². The maximum atomic E-state index is 13.7. The van der Waals surface area contributed by atoms with Crippen LogP contribution in [0.2, 0.25) is 0 Å². The van der Waals surface area contributed by atoms with Crippen molar-refractivity contribution in [1.29, 1.82) is 0 Å². The molecule has 1 unspecified atom stereocenters. The van der Waals surface area contributed by atoms with E-state index in [-0.39, 0.29) is 79.0 Å². The van der Waals surface area contributed by atoms with Gasteiger partial charge in [0.25, 0.3) is 0 Å². The quantitative estimate of drug-likeness (QED) is 0.0343. The number of pyridine rings is 3.